The normalized spacial score (nSPS) is 10.3. The number of esters is 1. The molecule has 104 valence electrons. The summed E-state index contributed by atoms with van der Waals surface area (Å²) >= 11 is 5.94. The fourth-order valence-corrected chi connectivity index (χ4v) is 2.05. The van der Waals surface area contributed by atoms with Crippen LogP contribution in [0.2, 0.25) is 5.02 Å². The van der Waals surface area contributed by atoms with Gasteiger partial charge in [0.05, 0.1) is 17.9 Å². The Morgan fingerprint density at radius 2 is 2.20 bits per heavy atom. The number of aryl methyl sites for hydroxylation is 1. The summed E-state index contributed by atoms with van der Waals surface area (Å²) in [6, 6.07) is 7.54. The van der Waals surface area contributed by atoms with Crippen LogP contribution in [0.25, 0.3) is 0 Å². The summed E-state index contributed by atoms with van der Waals surface area (Å²) in [5, 5.41) is 0.683. The molecule has 0 aliphatic carbocycles. The van der Waals surface area contributed by atoms with E-state index < -0.39 is 0 Å². The number of aromatic nitrogens is 2. The molecule has 0 radical (unpaired) electrons. The highest BCUT2D eigenvalue weighted by molar-refractivity contribution is 6.30. The summed E-state index contributed by atoms with van der Waals surface area (Å²) in [7, 11) is 0. The zero-order chi connectivity index (χ0) is 14.5. The summed E-state index contributed by atoms with van der Waals surface area (Å²) in [6.45, 7) is 3.87. The van der Waals surface area contributed by atoms with Gasteiger partial charge in [0.25, 0.3) is 0 Å². The molecular formula is C15H15ClN2O2. The Balaban J connectivity index is 2.19. The average molecular weight is 291 g/mol. The average Bonchev–Trinajstić information content (AvgIpc) is 2.39. The topological polar surface area (TPSA) is 52.1 Å². The molecule has 0 unspecified atom stereocenters. The first-order valence-electron chi connectivity index (χ1n) is 6.34. The third kappa shape index (κ3) is 3.54. The Hall–Kier alpha value is -1.94. The van der Waals surface area contributed by atoms with Gasteiger partial charge in [0, 0.05) is 17.6 Å². The second-order valence-electron chi connectivity index (χ2n) is 4.31. The van der Waals surface area contributed by atoms with E-state index in [4.69, 9.17) is 16.3 Å². The Kier molecular flexibility index (Phi) is 4.69. The molecule has 0 aliphatic heterocycles. The van der Waals surface area contributed by atoms with Gasteiger partial charge in [-0.3, -0.25) is 0 Å². The largest absolute Gasteiger partial charge is 0.462 e. The molecule has 2 rings (SSSR count). The molecule has 0 N–H and O–H groups in total. The Bertz CT molecular complexity index is 629. The van der Waals surface area contributed by atoms with E-state index in [1.165, 1.54) is 6.20 Å². The monoisotopic (exact) mass is 290 g/mol. The molecule has 0 spiro atoms. The maximum Gasteiger partial charge on any atom is 0.341 e. The maximum atomic E-state index is 11.7. The van der Waals surface area contributed by atoms with Crippen LogP contribution in [0, 0.1) is 6.92 Å². The number of ether oxygens (including phenoxy) is 1. The Labute approximate surface area is 122 Å². The summed E-state index contributed by atoms with van der Waals surface area (Å²) in [5.74, 6) is 0.261. The minimum atomic E-state index is -0.390. The minimum absolute atomic E-state index is 0.336. The van der Waals surface area contributed by atoms with Gasteiger partial charge in [0.2, 0.25) is 0 Å². The second-order valence-corrected chi connectivity index (χ2v) is 4.75. The van der Waals surface area contributed by atoms with E-state index >= 15 is 0 Å². The lowest BCUT2D eigenvalue weighted by molar-refractivity contribution is 0.0524. The van der Waals surface area contributed by atoms with E-state index in [1.54, 1.807) is 13.8 Å². The number of benzene rings is 1. The molecule has 20 heavy (non-hydrogen) atoms. The van der Waals surface area contributed by atoms with Gasteiger partial charge in [0.15, 0.2) is 0 Å². The number of hydrogen-bond donors (Lipinski definition) is 0. The van der Waals surface area contributed by atoms with Crippen LogP contribution in [0.15, 0.2) is 30.5 Å². The third-order valence-electron chi connectivity index (χ3n) is 2.78. The van der Waals surface area contributed by atoms with Crippen LogP contribution in [-0.4, -0.2) is 22.5 Å². The zero-order valence-electron chi connectivity index (χ0n) is 11.4. The molecule has 0 saturated heterocycles. The van der Waals surface area contributed by atoms with Crippen molar-refractivity contribution in [1.29, 1.82) is 0 Å². The highest BCUT2D eigenvalue weighted by Crippen LogP contribution is 2.14. The Morgan fingerprint density at radius 1 is 1.40 bits per heavy atom. The van der Waals surface area contributed by atoms with Crippen molar-refractivity contribution in [3.8, 4) is 0 Å². The van der Waals surface area contributed by atoms with Crippen LogP contribution in [0.5, 0.6) is 0 Å². The molecule has 0 fully saturated rings. The zero-order valence-corrected chi connectivity index (χ0v) is 12.1. The first kappa shape index (κ1) is 14.5. The highest BCUT2D eigenvalue weighted by atomic mass is 35.5. The van der Waals surface area contributed by atoms with Crippen LogP contribution in [-0.2, 0) is 11.2 Å². The summed E-state index contributed by atoms with van der Waals surface area (Å²) < 4.78 is 4.95. The van der Waals surface area contributed by atoms with Crippen molar-refractivity contribution in [3.05, 3.63) is 58.1 Å². The molecule has 0 amide bonds. The van der Waals surface area contributed by atoms with Crippen molar-refractivity contribution in [3.63, 3.8) is 0 Å². The summed E-state index contributed by atoms with van der Waals surface area (Å²) in [6.07, 6.45) is 2.09. The van der Waals surface area contributed by atoms with E-state index in [1.807, 2.05) is 24.3 Å². The lowest BCUT2D eigenvalue weighted by Crippen LogP contribution is -2.10. The first-order chi connectivity index (χ1) is 9.60. The van der Waals surface area contributed by atoms with Crippen molar-refractivity contribution in [2.75, 3.05) is 6.61 Å². The van der Waals surface area contributed by atoms with Gasteiger partial charge in [0.1, 0.15) is 5.82 Å². The van der Waals surface area contributed by atoms with Crippen LogP contribution in [0.4, 0.5) is 0 Å². The molecule has 1 aromatic heterocycles. The van der Waals surface area contributed by atoms with Gasteiger partial charge < -0.3 is 4.74 Å². The van der Waals surface area contributed by atoms with Gasteiger partial charge in [-0.05, 0) is 31.5 Å². The minimum Gasteiger partial charge on any atom is -0.462 e. The van der Waals surface area contributed by atoms with Crippen molar-refractivity contribution in [2.24, 2.45) is 0 Å². The molecular weight excluding hydrogens is 276 g/mol. The van der Waals surface area contributed by atoms with E-state index in [0.717, 1.165) is 5.56 Å². The molecule has 4 nitrogen and oxygen atoms in total. The number of hydrogen-bond acceptors (Lipinski definition) is 4. The van der Waals surface area contributed by atoms with E-state index in [0.29, 0.717) is 35.1 Å². The fraction of sp³-hybridized carbons (Fsp3) is 0.267. The second kappa shape index (κ2) is 6.48. The molecule has 0 atom stereocenters. The molecule has 1 aromatic carbocycles. The van der Waals surface area contributed by atoms with Crippen molar-refractivity contribution in [2.45, 2.75) is 20.3 Å². The molecule has 5 heteroatoms. The van der Waals surface area contributed by atoms with Crippen LogP contribution in [0.1, 0.15) is 34.4 Å². The van der Waals surface area contributed by atoms with E-state index in [2.05, 4.69) is 9.97 Å². The smallest absolute Gasteiger partial charge is 0.341 e. The summed E-state index contributed by atoms with van der Waals surface area (Å²) in [5.41, 5.74) is 2.05. The van der Waals surface area contributed by atoms with Crippen molar-refractivity contribution in [1.82, 2.24) is 9.97 Å². The fourth-order valence-electron chi connectivity index (χ4n) is 1.84. The Morgan fingerprint density at radius 3 is 2.85 bits per heavy atom. The number of nitrogens with zero attached hydrogens (tertiary/aromatic N) is 2. The van der Waals surface area contributed by atoms with Gasteiger partial charge in [-0.1, -0.05) is 23.7 Å². The number of carbonyl (C=O) groups is 1. The van der Waals surface area contributed by atoms with Crippen LogP contribution < -0.4 is 0 Å². The number of carbonyl (C=O) groups excluding carboxylic acids is 1. The molecule has 1 heterocycles. The summed E-state index contributed by atoms with van der Waals surface area (Å²) in [4.78, 5) is 20.2. The third-order valence-corrected chi connectivity index (χ3v) is 3.01. The van der Waals surface area contributed by atoms with Crippen molar-refractivity contribution >= 4 is 17.6 Å². The molecule has 0 bridgehead atoms. The van der Waals surface area contributed by atoms with Gasteiger partial charge in [-0.2, -0.15) is 0 Å². The standard InChI is InChI=1S/C15H15ClN2O2/c1-3-20-15(19)13-9-17-14(18-10(13)2)8-11-5-4-6-12(16)7-11/h4-7,9H,3,8H2,1-2H3. The van der Waals surface area contributed by atoms with Gasteiger partial charge in [-0.15, -0.1) is 0 Å². The predicted octanol–water partition coefficient (Wildman–Crippen LogP) is 3.21. The van der Waals surface area contributed by atoms with Crippen LogP contribution in [0.3, 0.4) is 0 Å². The van der Waals surface area contributed by atoms with E-state index in [-0.39, 0.29) is 5.97 Å². The highest BCUT2D eigenvalue weighted by Gasteiger charge is 2.12. The van der Waals surface area contributed by atoms with Gasteiger partial charge in [-0.25, -0.2) is 14.8 Å². The number of rotatable bonds is 4. The SMILES string of the molecule is CCOC(=O)c1cnc(Cc2cccc(Cl)c2)nc1C. The van der Waals surface area contributed by atoms with E-state index in [9.17, 15) is 4.79 Å². The first-order valence-corrected chi connectivity index (χ1v) is 6.72. The lowest BCUT2D eigenvalue weighted by atomic mass is 10.1. The molecule has 0 aliphatic rings. The van der Waals surface area contributed by atoms with Gasteiger partial charge >= 0.3 is 5.97 Å². The van der Waals surface area contributed by atoms with Crippen LogP contribution >= 0.6 is 11.6 Å². The predicted molar refractivity (Wildman–Crippen MR) is 77.0 cm³/mol. The quantitative estimate of drug-likeness (QED) is 0.811. The lowest BCUT2D eigenvalue weighted by Gasteiger charge is -2.06. The molecule has 2 aromatic rings. The number of halogens is 1. The van der Waals surface area contributed by atoms with Crippen molar-refractivity contribution < 1.29 is 9.53 Å². The molecule has 0 saturated carbocycles. The maximum absolute atomic E-state index is 11.7.